The van der Waals surface area contributed by atoms with Crippen molar-refractivity contribution in [2.75, 3.05) is 38.5 Å². The minimum Gasteiger partial charge on any atom is 0 e. The number of thioether (sulfide) groups is 1. The minimum atomic E-state index is 0. The molecule has 221 valence electrons. The second-order valence-corrected chi connectivity index (χ2v) is 13.2. The molecule has 1 aliphatic heterocycles. The van der Waals surface area contributed by atoms with Crippen LogP contribution in [0.5, 0.6) is 0 Å². The van der Waals surface area contributed by atoms with Gasteiger partial charge < -0.3 is 26.2 Å². The van der Waals surface area contributed by atoms with Crippen LogP contribution < -0.4 is 0 Å². The van der Waals surface area contributed by atoms with Crippen molar-refractivity contribution in [3.8, 4) is 0 Å². The molecule has 2 heterocycles. The summed E-state index contributed by atoms with van der Waals surface area (Å²) < 4.78 is 0. The molecule has 2 unspecified atom stereocenters. The van der Waals surface area contributed by atoms with Gasteiger partial charge in [0.1, 0.15) is 0 Å². The van der Waals surface area contributed by atoms with E-state index in [1.54, 1.807) is 0 Å². The predicted octanol–water partition coefficient (Wildman–Crippen LogP) is 9.01. The topological polar surface area (TPSA) is 72.5 Å². The number of nitrogens with zero attached hydrogens (tertiary/aromatic N) is 6. The average Bonchev–Trinajstić information content (AvgIpc) is 2.92. The van der Waals surface area contributed by atoms with Gasteiger partial charge in [0.05, 0.1) is 0 Å². The number of fused-ring (bicyclic) bond motifs is 4. The molecule has 1 aromatic rings. The van der Waals surface area contributed by atoms with Crippen LogP contribution >= 0.6 is 32.0 Å². The summed E-state index contributed by atoms with van der Waals surface area (Å²) in [5.74, 6) is 1.10. The number of halogens is 2. The fourth-order valence-electron chi connectivity index (χ4n) is 5.60. The summed E-state index contributed by atoms with van der Waals surface area (Å²) >= 11 is 1.96. The molecule has 10 heteroatoms. The Bertz CT molecular complexity index is 730. The molecule has 0 saturated heterocycles. The van der Waals surface area contributed by atoms with E-state index in [2.05, 4.69) is 30.9 Å². The Balaban J connectivity index is 0. The standard InChI is InChI=1S/C27H44N6S.2ClH.Mn.4H2/c1-3-33(4-2)15-16-34-23-17-21-19-30-26-11-7-5-9-24(26)28-13-14-29-25-10-6-8-12-27(25)31-20-22(18-23)32-21;;;;;;;/h17-18,24-27H,3-16,19-20H2,1-2H3;2*1H;;4*1H/q-4;;;+2;;;;/p-2/t24-,25?,26+,27?;;;;;;;/m1......./s1. The van der Waals surface area contributed by atoms with Gasteiger partial charge in [-0.3, -0.25) is 4.98 Å². The van der Waals surface area contributed by atoms with Crippen molar-refractivity contribution in [1.29, 1.82) is 0 Å². The number of hydrogen-bond donors (Lipinski definition) is 0. The Hall–Kier alpha value is 0.399. The second kappa shape index (κ2) is 18.7. The van der Waals surface area contributed by atoms with Crippen LogP contribution in [0, 0.1) is 0 Å². The number of pyridine rings is 1. The fourth-order valence-corrected chi connectivity index (χ4v) is 6.62. The van der Waals surface area contributed by atoms with Crippen molar-refractivity contribution in [3.05, 3.63) is 44.8 Å². The van der Waals surface area contributed by atoms with Crippen molar-refractivity contribution in [3.63, 3.8) is 0 Å². The third kappa shape index (κ3) is 11.4. The maximum absolute atomic E-state index is 5.14. The first-order chi connectivity index (χ1) is 18.2. The van der Waals surface area contributed by atoms with Crippen LogP contribution in [0.15, 0.2) is 17.0 Å². The van der Waals surface area contributed by atoms with Gasteiger partial charge in [0, 0.05) is 34.3 Å². The molecule has 0 spiro atoms. The van der Waals surface area contributed by atoms with Crippen molar-refractivity contribution in [2.24, 2.45) is 0 Å². The Morgan fingerprint density at radius 3 is 1.70 bits per heavy atom. The van der Waals surface area contributed by atoms with Crippen molar-refractivity contribution < 1.29 is 18.8 Å². The molecule has 2 saturated carbocycles. The number of aromatic nitrogens is 1. The third-order valence-corrected chi connectivity index (χ3v) is 8.62. The van der Waals surface area contributed by atoms with Crippen LogP contribution in [0.1, 0.15) is 82.3 Å². The molecule has 2 bridgehead atoms. The van der Waals surface area contributed by atoms with Crippen LogP contribution in [-0.2, 0) is 26.2 Å². The Kier molecular flexibility index (Phi) is 16.1. The molecule has 3 aliphatic rings. The van der Waals surface area contributed by atoms with Gasteiger partial charge in [-0.1, -0.05) is 65.2 Å². The first-order valence-corrected chi connectivity index (χ1v) is 18.3. The van der Waals surface area contributed by atoms with E-state index in [1.807, 2.05) is 11.8 Å². The van der Waals surface area contributed by atoms with E-state index >= 15 is 0 Å². The zero-order valence-electron chi connectivity index (χ0n) is 22.5. The summed E-state index contributed by atoms with van der Waals surface area (Å²) in [6.07, 6.45) is 9.78. The molecule has 37 heavy (non-hydrogen) atoms. The van der Waals surface area contributed by atoms with E-state index in [4.69, 9.17) is 46.4 Å². The Labute approximate surface area is 250 Å². The molecule has 4 rings (SSSR count). The van der Waals surface area contributed by atoms with E-state index in [0.29, 0.717) is 37.3 Å². The summed E-state index contributed by atoms with van der Waals surface area (Å²) in [5.41, 5.74) is 2.20. The fraction of sp³-hybridized carbons (Fsp3) is 0.815. The monoisotopic (exact) mass is 617 g/mol. The van der Waals surface area contributed by atoms with Gasteiger partial charge in [-0.2, -0.15) is 37.3 Å². The van der Waals surface area contributed by atoms with Gasteiger partial charge in [-0.05, 0) is 25.2 Å². The van der Waals surface area contributed by atoms with E-state index in [9.17, 15) is 0 Å². The van der Waals surface area contributed by atoms with E-state index in [1.165, 1.54) is 43.4 Å². The smallest absolute Gasteiger partial charge is 0 e. The minimum absolute atomic E-state index is 0. The van der Waals surface area contributed by atoms with Crippen molar-refractivity contribution in [2.45, 2.75) is 107 Å². The molecule has 0 radical (unpaired) electrons. The normalized spacial score (nSPS) is 27.2. The largest absolute Gasteiger partial charge is 0 e. The molecule has 0 aromatic carbocycles. The van der Waals surface area contributed by atoms with Gasteiger partial charge in [0.2, 0.25) is 0 Å². The van der Waals surface area contributed by atoms with Gasteiger partial charge in [-0.25, -0.2) is 0 Å². The maximum Gasteiger partial charge on any atom is 0 e. The first kappa shape index (κ1) is 31.9. The molecular formula is C27H52Cl2MnN6S-4. The first-order valence-electron chi connectivity index (χ1n) is 14.0. The Morgan fingerprint density at radius 1 is 0.838 bits per heavy atom. The summed E-state index contributed by atoms with van der Waals surface area (Å²) in [7, 11) is 9.59. The van der Waals surface area contributed by atoms with Gasteiger partial charge in [-0.15, -0.1) is 24.9 Å². The Morgan fingerprint density at radius 2 is 1.27 bits per heavy atom. The molecule has 2 aliphatic carbocycles. The summed E-state index contributed by atoms with van der Waals surface area (Å²) in [4.78, 5) is 8.83. The van der Waals surface area contributed by atoms with Gasteiger partial charge in [0.15, 0.2) is 0 Å². The van der Waals surface area contributed by atoms with E-state index in [-0.39, 0.29) is 18.8 Å². The molecule has 6 nitrogen and oxygen atoms in total. The van der Waals surface area contributed by atoms with Crippen LogP contribution in [-0.4, -0.2) is 72.5 Å². The van der Waals surface area contributed by atoms with E-state index < -0.39 is 0 Å². The van der Waals surface area contributed by atoms with E-state index in [0.717, 1.165) is 62.7 Å². The molecule has 4 atom stereocenters. The quantitative estimate of drug-likeness (QED) is 0.236. The molecule has 1 aromatic heterocycles. The van der Waals surface area contributed by atoms with Crippen LogP contribution in [0.3, 0.4) is 0 Å². The molecule has 0 amide bonds. The van der Waals surface area contributed by atoms with Crippen LogP contribution in [0.25, 0.3) is 21.3 Å². The van der Waals surface area contributed by atoms with Gasteiger partial charge >= 0.3 is 33.3 Å². The number of hydrogen-bond acceptors (Lipinski definition) is 3. The molecular weight excluding hydrogens is 566 g/mol. The summed E-state index contributed by atoms with van der Waals surface area (Å²) in [5, 5.41) is 20.4. The SMILES string of the molecule is CCN(CC)CCSc1cc2nc(c1)C[N-][C@H]1CCCC[C@H]1[N-]CC[N-]C1CCCCC1[N-]C2.[Cl][Mn][Cl].[HH].[HH].[HH].[HH]. The van der Waals surface area contributed by atoms with Crippen molar-refractivity contribution >= 4 is 32.0 Å². The maximum atomic E-state index is 5.14. The third-order valence-electron chi connectivity index (χ3n) is 7.67. The molecule has 2 fully saturated rings. The average molecular weight is 619 g/mol. The van der Waals surface area contributed by atoms with Crippen LogP contribution in [0.4, 0.5) is 0 Å². The van der Waals surface area contributed by atoms with Gasteiger partial charge in [0.25, 0.3) is 0 Å². The van der Waals surface area contributed by atoms with Crippen LogP contribution in [0.2, 0.25) is 0 Å². The summed E-state index contributed by atoms with van der Waals surface area (Å²) in [6.45, 7) is 10.9. The van der Waals surface area contributed by atoms with Crippen molar-refractivity contribution in [1.82, 2.24) is 9.88 Å². The zero-order chi connectivity index (χ0) is 26.3. The predicted molar refractivity (Wildman–Crippen MR) is 166 cm³/mol. The zero-order valence-corrected chi connectivity index (χ0v) is 26.0. The second-order valence-electron chi connectivity index (χ2n) is 10.0. The molecule has 0 N–H and O–H groups in total. The number of rotatable bonds is 6. The summed E-state index contributed by atoms with van der Waals surface area (Å²) in [6, 6.07) is 5.96.